The highest BCUT2D eigenvalue weighted by Gasteiger charge is 2.23. The summed E-state index contributed by atoms with van der Waals surface area (Å²) in [6.07, 6.45) is 20.2. The molecule has 0 aromatic carbocycles. The maximum Gasteiger partial charge on any atom is 0.330 e. The van der Waals surface area contributed by atoms with Crippen molar-refractivity contribution < 1.29 is 28.5 Å². The van der Waals surface area contributed by atoms with E-state index in [0.29, 0.717) is 43.2 Å². The minimum absolute atomic E-state index is 0.0506. The minimum atomic E-state index is -0.343. The lowest BCUT2D eigenvalue weighted by atomic mass is 9.87. The molecule has 0 aromatic heterocycles. The van der Waals surface area contributed by atoms with E-state index in [1.54, 1.807) is 0 Å². The Morgan fingerprint density at radius 3 is 1.37 bits per heavy atom. The number of nitrogens with one attached hydrogen (secondary N) is 2. The van der Waals surface area contributed by atoms with Crippen molar-refractivity contribution in [2.45, 2.75) is 121 Å². The molecule has 2 aliphatic carbocycles. The number of rotatable bonds is 18. The summed E-state index contributed by atoms with van der Waals surface area (Å²) in [7, 11) is 0. The summed E-state index contributed by atoms with van der Waals surface area (Å²) in [5, 5.41) is 7.08. The Hall–Kier alpha value is -2.62. The Labute approximate surface area is 278 Å². The molecule has 0 unspecified atom stereocenters. The number of carbonyl (C=O) groups excluding carboxylic acids is 2. The summed E-state index contributed by atoms with van der Waals surface area (Å²) in [6.45, 7) is 11.1. The molecule has 1 aliphatic heterocycles. The van der Waals surface area contributed by atoms with E-state index in [0.717, 1.165) is 129 Å². The standard InChI is InChI=1S/C38H58N2O6/c1-3-37(41)45-27-11-7-5-9-25-43-34-20-15-31(16-21-34)13-14-33-29-39-36(40-30-33)24-19-32-17-22-35(23-18-32)44-26-10-6-8-12-28-46-38(42)4-2/h3-4,31-36,39-40H,1-2,5-12,15-18,20-23,25-30H2. The van der Waals surface area contributed by atoms with E-state index in [9.17, 15) is 9.59 Å². The van der Waals surface area contributed by atoms with Gasteiger partial charge in [-0.3, -0.25) is 10.6 Å². The zero-order valence-corrected chi connectivity index (χ0v) is 28.0. The van der Waals surface area contributed by atoms with Crippen molar-refractivity contribution in [1.29, 1.82) is 0 Å². The van der Waals surface area contributed by atoms with E-state index in [1.807, 2.05) is 0 Å². The summed E-state index contributed by atoms with van der Waals surface area (Å²) in [5.41, 5.74) is 0. The fourth-order valence-corrected chi connectivity index (χ4v) is 6.13. The molecule has 1 heterocycles. The number of esters is 2. The number of hydrogen-bond acceptors (Lipinski definition) is 8. The van der Waals surface area contributed by atoms with Gasteiger partial charge in [-0.25, -0.2) is 9.59 Å². The average Bonchev–Trinajstić information content (AvgIpc) is 3.09. The molecule has 0 radical (unpaired) electrons. The highest BCUT2D eigenvalue weighted by atomic mass is 16.5. The molecule has 0 amide bonds. The largest absolute Gasteiger partial charge is 0.463 e. The van der Waals surface area contributed by atoms with Crippen LogP contribution in [0.15, 0.2) is 25.3 Å². The van der Waals surface area contributed by atoms with Gasteiger partial charge in [0.1, 0.15) is 6.17 Å². The Morgan fingerprint density at radius 1 is 0.543 bits per heavy atom. The molecule has 2 N–H and O–H groups in total. The number of hydrogen-bond donors (Lipinski definition) is 2. The number of carbonyl (C=O) groups is 2. The first-order valence-electron chi connectivity index (χ1n) is 17.9. The lowest BCUT2D eigenvalue weighted by Gasteiger charge is -2.28. The lowest BCUT2D eigenvalue weighted by Crippen LogP contribution is -2.51. The van der Waals surface area contributed by atoms with Crippen LogP contribution < -0.4 is 10.6 Å². The van der Waals surface area contributed by atoms with E-state index >= 15 is 0 Å². The molecule has 0 bridgehead atoms. The van der Waals surface area contributed by atoms with Gasteiger partial charge in [0.05, 0.1) is 25.4 Å². The highest BCUT2D eigenvalue weighted by Crippen LogP contribution is 2.27. The van der Waals surface area contributed by atoms with Crippen LogP contribution in [-0.2, 0) is 28.5 Å². The molecule has 256 valence electrons. The van der Waals surface area contributed by atoms with E-state index in [2.05, 4.69) is 47.5 Å². The Kier molecular flexibility index (Phi) is 19.5. The van der Waals surface area contributed by atoms with E-state index < -0.39 is 0 Å². The van der Waals surface area contributed by atoms with E-state index in [4.69, 9.17) is 18.9 Å². The topological polar surface area (TPSA) is 95.1 Å². The van der Waals surface area contributed by atoms with Gasteiger partial charge in [-0.1, -0.05) is 49.7 Å². The summed E-state index contributed by atoms with van der Waals surface area (Å²) >= 11 is 0. The van der Waals surface area contributed by atoms with Gasteiger partial charge in [-0.05, 0) is 89.9 Å². The molecule has 2 saturated carbocycles. The van der Waals surface area contributed by atoms with Gasteiger partial charge in [0, 0.05) is 56.2 Å². The number of unbranched alkanes of at least 4 members (excludes halogenated alkanes) is 6. The third-order valence-corrected chi connectivity index (χ3v) is 9.01. The van der Waals surface area contributed by atoms with Crippen LogP contribution in [0.5, 0.6) is 0 Å². The van der Waals surface area contributed by atoms with Crippen molar-refractivity contribution >= 4 is 11.9 Å². The maximum atomic E-state index is 11.0. The van der Waals surface area contributed by atoms with Crippen molar-refractivity contribution in [1.82, 2.24) is 10.6 Å². The molecule has 0 atom stereocenters. The second-order valence-electron chi connectivity index (χ2n) is 12.8. The van der Waals surface area contributed by atoms with Crippen LogP contribution in [0.25, 0.3) is 0 Å². The van der Waals surface area contributed by atoms with Gasteiger partial charge in [-0.15, -0.1) is 0 Å². The van der Waals surface area contributed by atoms with Crippen molar-refractivity contribution in [3.63, 3.8) is 0 Å². The van der Waals surface area contributed by atoms with Gasteiger partial charge in [0.2, 0.25) is 0 Å². The second-order valence-corrected chi connectivity index (χ2v) is 12.8. The average molecular weight is 639 g/mol. The summed E-state index contributed by atoms with van der Waals surface area (Å²) < 4.78 is 22.2. The molecule has 46 heavy (non-hydrogen) atoms. The predicted molar refractivity (Wildman–Crippen MR) is 181 cm³/mol. The Bertz CT molecular complexity index is 933. The zero-order chi connectivity index (χ0) is 32.7. The number of ether oxygens (including phenoxy) is 4. The van der Waals surface area contributed by atoms with Gasteiger partial charge >= 0.3 is 11.9 Å². The molecule has 8 nitrogen and oxygen atoms in total. The molecule has 0 spiro atoms. The van der Waals surface area contributed by atoms with Gasteiger partial charge in [-0.2, -0.15) is 0 Å². The smallest absolute Gasteiger partial charge is 0.330 e. The molecule has 3 rings (SSSR count). The maximum absolute atomic E-state index is 11.0. The third kappa shape index (κ3) is 16.8. The first kappa shape index (κ1) is 37.8. The molecule has 1 saturated heterocycles. The van der Waals surface area contributed by atoms with Crippen LogP contribution in [-0.4, -0.2) is 69.8 Å². The van der Waals surface area contributed by atoms with E-state index in [1.165, 1.54) is 12.2 Å². The third-order valence-electron chi connectivity index (χ3n) is 9.01. The summed E-state index contributed by atoms with van der Waals surface area (Å²) in [5.74, 6) is 14.6. The van der Waals surface area contributed by atoms with Crippen LogP contribution in [0, 0.1) is 41.4 Å². The van der Waals surface area contributed by atoms with Gasteiger partial charge in [0.25, 0.3) is 0 Å². The van der Waals surface area contributed by atoms with Crippen LogP contribution >= 0.6 is 0 Å². The first-order chi connectivity index (χ1) is 22.6. The molecular formula is C38H58N2O6. The van der Waals surface area contributed by atoms with E-state index in [-0.39, 0.29) is 18.1 Å². The molecular weight excluding hydrogens is 580 g/mol. The molecule has 0 aromatic rings. The van der Waals surface area contributed by atoms with Crippen molar-refractivity contribution in [2.75, 3.05) is 39.5 Å². The molecule has 8 heteroatoms. The summed E-state index contributed by atoms with van der Waals surface area (Å²) in [4.78, 5) is 22.0. The van der Waals surface area contributed by atoms with Crippen molar-refractivity contribution in [3.05, 3.63) is 25.3 Å². The van der Waals surface area contributed by atoms with Crippen LogP contribution in [0.1, 0.15) is 103 Å². The first-order valence-corrected chi connectivity index (χ1v) is 17.9. The van der Waals surface area contributed by atoms with Gasteiger partial charge in [0.15, 0.2) is 0 Å². The van der Waals surface area contributed by atoms with Crippen LogP contribution in [0.2, 0.25) is 0 Å². The lowest BCUT2D eigenvalue weighted by molar-refractivity contribution is -0.138. The second kappa shape index (κ2) is 23.7. The van der Waals surface area contributed by atoms with Crippen LogP contribution in [0.3, 0.4) is 0 Å². The Balaban J connectivity index is 1.16. The Morgan fingerprint density at radius 2 is 0.935 bits per heavy atom. The zero-order valence-electron chi connectivity index (χ0n) is 28.0. The fourth-order valence-electron chi connectivity index (χ4n) is 6.13. The highest BCUT2D eigenvalue weighted by molar-refractivity contribution is 5.81. The van der Waals surface area contributed by atoms with Gasteiger partial charge < -0.3 is 18.9 Å². The monoisotopic (exact) mass is 638 g/mol. The summed E-state index contributed by atoms with van der Waals surface area (Å²) in [6, 6.07) is 0. The fraction of sp³-hybridized carbons (Fsp3) is 0.737. The molecule has 3 aliphatic rings. The van der Waals surface area contributed by atoms with Crippen molar-refractivity contribution in [2.24, 2.45) is 17.8 Å². The SMILES string of the molecule is C=CC(=O)OCCCCCCOC1CCC(C#CC2CNC(C#CC3CCC(OCCCCCCOC(=O)C=C)CC3)NC2)CC1. The predicted octanol–water partition coefficient (Wildman–Crippen LogP) is 5.86. The normalized spacial score (nSPS) is 26.0. The minimum Gasteiger partial charge on any atom is -0.463 e. The molecule has 3 fully saturated rings. The quantitative estimate of drug-likeness (QED) is 0.0835. The van der Waals surface area contributed by atoms with Crippen molar-refractivity contribution in [3.8, 4) is 23.7 Å². The van der Waals surface area contributed by atoms with Crippen LogP contribution in [0.4, 0.5) is 0 Å².